The summed E-state index contributed by atoms with van der Waals surface area (Å²) in [7, 11) is 3.22. The normalized spacial score (nSPS) is 14.0. The average molecular weight is 624 g/mol. The third-order valence-electron chi connectivity index (χ3n) is 7.87. The van der Waals surface area contributed by atoms with E-state index in [0.29, 0.717) is 45.8 Å². The van der Waals surface area contributed by atoms with E-state index in [4.69, 9.17) is 4.52 Å². The first-order chi connectivity index (χ1) is 22.0. The Morgan fingerprint density at radius 2 is 1.72 bits per heavy atom. The molecule has 0 saturated carbocycles. The van der Waals surface area contributed by atoms with Gasteiger partial charge in [-0.05, 0) is 62.2 Å². The monoisotopic (exact) mass is 623 g/mol. The Bertz CT molecular complexity index is 2090. The number of pyridine rings is 1. The van der Waals surface area contributed by atoms with Crippen LogP contribution in [0.3, 0.4) is 0 Å². The number of amides is 3. The van der Waals surface area contributed by atoms with Crippen LogP contribution in [0.15, 0.2) is 70.1 Å². The molecule has 0 radical (unpaired) electrons. The van der Waals surface area contributed by atoms with Crippen LogP contribution in [0.25, 0.3) is 11.1 Å². The highest BCUT2D eigenvalue weighted by atomic mass is 19.1. The van der Waals surface area contributed by atoms with Gasteiger partial charge in [0.05, 0.1) is 17.2 Å². The Labute approximate surface area is 262 Å². The van der Waals surface area contributed by atoms with E-state index >= 15 is 0 Å². The first-order valence-electron chi connectivity index (χ1n) is 14.5. The van der Waals surface area contributed by atoms with Gasteiger partial charge < -0.3 is 20.1 Å². The highest BCUT2D eigenvalue weighted by Gasteiger charge is 2.40. The van der Waals surface area contributed by atoms with E-state index < -0.39 is 23.7 Å². The summed E-state index contributed by atoms with van der Waals surface area (Å²) in [5.74, 6) is -1.69. The lowest BCUT2D eigenvalue weighted by molar-refractivity contribution is 0.0987. The van der Waals surface area contributed by atoms with Gasteiger partial charge >= 0.3 is 0 Å². The van der Waals surface area contributed by atoms with Gasteiger partial charge in [-0.3, -0.25) is 23.9 Å². The van der Waals surface area contributed by atoms with Gasteiger partial charge in [0.2, 0.25) is 0 Å². The van der Waals surface area contributed by atoms with Crippen LogP contribution in [0, 0.1) is 19.7 Å². The lowest BCUT2D eigenvalue weighted by Crippen LogP contribution is -2.28. The van der Waals surface area contributed by atoms with E-state index in [1.54, 1.807) is 75.4 Å². The van der Waals surface area contributed by atoms with Crippen LogP contribution < -0.4 is 21.1 Å². The Hall–Kier alpha value is -5.85. The number of fused-ring (bicyclic) bond motifs is 1. The topological polar surface area (TPSA) is 144 Å². The number of anilines is 3. The number of carbonyl (C=O) groups excluding carboxylic acids is 3. The van der Waals surface area contributed by atoms with Crippen LogP contribution in [0.5, 0.6) is 0 Å². The van der Waals surface area contributed by atoms with Crippen LogP contribution in [-0.4, -0.2) is 37.2 Å². The molecule has 1 atom stereocenters. The molecule has 0 aliphatic carbocycles. The summed E-state index contributed by atoms with van der Waals surface area (Å²) >= 11 is 0. The maximum Gasteiger partial charge on any atom is 0.290 e. The van der Waals surface area contributed by atoms with Crippen molar-refractivity contribution in [1.82, 2.24) is 19.5 Å². The number of rotatable bonds is 7. The molecule has 0 unspecified atom stereocenters. The number of hydrogen-bond donors (Lipinski definition) is 2. The second kappa shape index (κ2) is 11.6. The fourth-order valence-corrected chi connectivity index (χ4v) is 5.80. The van der Waals surface area contributed by atoms with Crippen molar-refractivity contribution < 1.29 is 23.3 Å². The zero-order valence-electron chi connectivity index (χ0n) is 25.7. The van der Waals surface area contributed by atoms with Gasteiger partial charge in [-0.15, -0.1) is 0 Å². The number of hydrogen-bond acceptors (Lipinski definition) is 7. The number of carbonyl (C=O) groups is 3. The summed E-state index contributed by atoms with van der Waals surface area (Å²) in [5, 5.41) is 9.32. The quantitative estimate of drug-likeness (QED) is 0.255. The molecule has 0 fully saturated rings. The third-order valence-corrected chi connectivity index (χ3v) is 7.87. The molecule has 2 aromatic carbocycles. The van der Waals surface area contributed by atoms with Gasteiger partial charge in [-0.2, -0.15) is 9.84 Å². The molecule has 0 saturated heterocycles. The molecule has 13 heteroatoms. The largest absolute Gasteiger partial charge is 0.381 e. The lowest BCUT2D eigenvalue weighted by atomic mass is 9.99. The standard InChI is InChI=1S/C33H30FN7O5/c1-6-25-28-23(32(44)41(25)21-10-7-19(8-11-21)27-18(3)46-40(5)33(27)45)15-17(2)35-29(28)31(43)36-20-9-12-24(34)22(16-20)30(42)37-26-13-14-39(4)38-26/h7-16,25H,6H2,1-5H3,(H,36,43)(H,37,38,42)/t25-/m1/s1. The number of halogens is 1. The first kappa shape index (κ1) is 30.2. The molecule has 234 valence electrons. The zero-order chi connectivity index (χ0) is 32.9. The molecule has 1 aliphatic rings. The molecule has 3 aromatic heterocycles. The minimum atomic E-state index is -0.775. The molecule has 6 rings (SSSR count). The summed E-state index contributed by atoms with van der Waals surface area (Å²) in [5.41, 5.74) is 2.62. The second-order valence-electron chi connectivity index (χ2n) is 11.0. The van der Waals surface area contributed by atoms with Crippen LogP contribution in [0.1, 0.15) is 67.6 Å². The van der Waals surface area contributed by atoms with Crippen molar-refractivity contribution in [2.24, 2.45) is 14.1 Å². The Morgan fingerprint density at radius 3 is 2.35 bits per heavy atom. The van der Waals surface area contributed by atoms with Crippen molar-refractivity contribution in [2.45, 2.75) is 33.2 Å². The number of benzene rings is 2. The summed E-state index contributed by atoms with van der Waals surface area (Å²) in [6.45, 7) is 5.30. The minimum Gasteiger partial charge on any atom is -0.381 e. The number of aromatic nitrogens is 4. The summed E-state index contributed by atoms with van der Waals surface area (Å²) in [4.78, 5) is 59.0. The molecular weight excluding hydrogens is 593 g/mol. The van der Waals surface area contributed by atoms with Crippen molar-refractivity contribution in [3.8, 4) is 11.1 Å². The molecule has 1 aliphatic heterocycles. The molecule has 0 spiro atoms. The van der Waals surface area contributed by atoms with Gasteiger partial charge in [0.15, 0.2) is 5.82 Å². The van der Waals surface area contributed by atoms with Gasteiger partial charge in [0, 0.05) is 54.6 Å². The third kappa shape index (κ3) is 5.25. The van der Waals surface area contributed by atoms with Crippen molar-refractivity contribution in [2.75, 3.05) is 15.5 Å². The van der Waals surface area contributed by atoms with Crippen LogP contribution >= 0.6 is 0 Å². The van der Waals surface area contributed by atoms with Gasteiger partial charge in [-0.25, -0.2) is 9.37 Å². The highest BCUT2D eigenvalue weighted by Crippen LogP contribution is 2.41. The highest BCUT2D eigenvalue weighted by molar-refractivity contribution is 6.15. The van der Waals surface area contributed by atoms with E-state index in [2.05, 4.69) is 20.7 Å². The number of nitrogens with one attached hydrogen (secondary N) is 2. The Morgan fingerprint density at radius 1 is 0.978 bits per heavy atom. The van der Waals surface area contributed by atoms with Crippen molar-refractivity contribution >= 4 is 34.9 Å². The maximum atomic E-state index is 14.7. The van der Waals surface area contributed by atoms with Crippen LogP contribution in [-0.2, 0) is 14.1 Å². The SMILES string of the molecule is CC[C@@H]1c2c(cc(C)nc2C(=O)Nc2ccc(F)c(C(=O)Nc3ccn(C)n3)c2)C(=O)N1c1ccc(-c2c(C)on(C)c2=O)cc1. The van der Waals surface area contributed by atoms with E-state index in [-0.39, 0.29) is 34.2 Å². The molecular formula is C33H30FN7O5. The second-order valence-corrected chi connectivity index (χ2v) is 11.0. The predicted molar refractivity (Wildman–Crippen MR) is 168 cm³/mol. The molecule has 3 amide bonds. The Balaban J connectivity index is 1.30. The lowest BCUT2D eigenvalue weighted by Gasteiger charge is -2.25. The van der Waals surface area contributed by atoms with Gasteiger partial charge in [0.25, 0.3) is 23.3 Å². The molecule has 0 bridgehead atoms. The summed E-state index contributed by atoms with van der Waals surface area (Å²) in [6, 6.07) is 13.4. The first-order valence-corrected chi connectivity index (χ1v) is 14.5. The number of nitrogens with zero attached hydrogens (tertiary/aromatic N) is 5. The Kier molecular flexibility index (Phi) is 7.60. The predicted octanol–water partition coefficient (Wildman–Crippen LogP) is 5.15. The van der Waals surface area contributed by atoms with E-state index in [1.807, 2.05) is 6.92 Å². The molecule has 46 heavy (non-hydrogen) atoms. The molecule has 5 aromatic rings. The minimum absolute atomic E-state index is 0.0515. The summed E-state index contributed by atoms with van der Waals surface area (Å²) in [6.07, 6.45) is 2.10. The summed E-state index contributed by atoms with van der Waals surface area (Å²) < 4.78 is 22.7. The van der Waals surface area contributed by atoms with Crippen LogP contribution in [0.2, 0.25) is 0 Å². The fourth-order valence-electron chi connectivity index (χ4n) is 5.80. The van der Waals surface area contributed by atoms with Crippen molar-refractivity contribution in [1.29, 1.82) is 0 Å². The van der Waals surface area contributed by atoms with E-state index in [9.17, 15) is 23.6 Å². The number of aryl methyl sites for hydroxylation is 4. The van der Waals surface area contributed by atoms with Crippen molar-refractivity contribution in [3.63, 3.8) is 0 Å². The smallest absolute Gasteiger partial charge is 0.290 e. The average Bonchev–Trinajstić information content (AvgIpc) is 3.65. The molecule has 4 heterocycles. The van der Waals surface area contributed by atoms with E-state index in [0.717, 1.165) is 10.8 Å². The van der Waals surface area contributed by atoms with Crippen LogP contribution in [0.4, 0.5) is 21.6 Å². The van der Waals surface area contributed by atoms with Gasteiger partial charge in [0.1, 0.15) is 17.3 Å². The van der Waals surface area contributed by atoms with Crippen molar-refractivity contribution in [3.05, 3.63) is 111 Å². The molecule has 2 N–H and O–H groups in total. The van der Waals surface area contributed by atoms with Gasteiger partial charge in [-0.1, -0.05) is 19.1 Å². The zero-order valence-corrected chi connectivity index (χ0v) is 25.7. The molecule has 12 nitrogen and oxygen atoms in total. The fraction of sp³-hybridized carbons (Fsp3) is 0.212. The maximum absolute atomic E-state index is 14.7. The van der Waals surface area contributed by atoms with E-state index in [1.165, 1.54) is 16.8 Å².